The van der Waals surface area contributed by atoms with Gasteiger partial charge < -0.3 is 0 Å². The highest BCUT2D eigenvalue weighted by molar-refractivity contribution is 7.99. The van der Waals surface area contributed by atoms with Gasteiger partial charge in [0.25, 0.3) is 0 Å². The molecule has 0 saturated carbocycles. The molecule has 0 amide bonds. The molecule has 1 saturated heterocycles. The normalized spacial score (nSPS) is 20.2. The summed E-state index contributed by atoms with van der Waals surface area (Å²) in [6, 6.07) is 0.495. The molecule has 0 bridgehead atoms. The standard InChI is InChI=1S/C13H21ClN2S2/c1-3-12(13-15-10(8-14)9-18-13)16-6-4-11(17-2)5-7-16/h9,11-12H,3-8H2,1-2H3. The lowest BCUT2D eigenvalue weighted by molar-refractivity contribution is 0.162. The van der Waals surface area contributed by atoms with Crippen LogP contribution in [0.4, 0.5) is 0 Å². The Bertz CT molecular complexity index is 362. The van der Waals surface area contributed by atoms with Gasteiger partial charge in [0, 0.05) is 10.6 Å². The van der Waals surface area contributed by atoms with E-state index in [1.807, 2.05) is 11.8 Å². The second kappa shape index (κ2) is 7.13. The van der Waals surface area contributed by atoms with Gasteiger partial charge in [0.1, 0.15) is 5.01 Å². The van der Waals surface area contributed by atoms with Gasteiger partial charge in [0.15, 0.2) is 0 Å². The molecular formula is C13H21ClN2S2. The smallest absolute Gasteiger partial charge is 0.110 e. The van der Waals surface area contributed by atoms with Crippen molar-refractivity contribution in [2.45, 2.75) is 43.4 Å². The van der Waals surface area contributed by atoms with Crippen LogP contribution >= 0.6 is 34.7 Å². The Hall–Kier alpha value is 0.230. The van der Waals surface area contributed by atoms with E-state index in [2.05, 4.69) is 28.4 Å². The summed E-state index contributed by atoms with van der Waals surface area (Å²) in [4.78, 5) is 7.25. The minimum Gasteiger partial charge on any atom is -0.294 e. The molecule has 2 rings (SSSR count). The molecule has 0 radical (unpaired) electrons. The number of likely N-dealkylation sites (tertiary alicyclic amines) is 1. The first-order chi connectivity index (χ1) is 8.78. The van der Waals surface area contributed by atoms with Crippen molar-refractivity contribution in [2.75, 3.05) is 19.3 Å². The van der Waals surface area contributed by atoms with Crippen LogP contribution in [-0.4, -0.2) is 34.5 Å². The number of rotatable bonds is 5. The zero-order chi connectivity index (χ0) is 13.0. The van der Waals surface area contributed by atoms with Crippen LogP contribution < -0.4 is 0 Å². The van der Waals surface area contributed by atoms with Gasteiger partial charge in [-0.25, -0.2) is 4.98 Å². The molecular weight excluding hydrogens is 284 g/mol. The highest BCUT2D eigenvalue weighted by atomic mass is 35.5. The Morgan fingerprint density at radius 2 is 2.28 bits per heavy atom. The fraction of sp³-hybridized carbons (Fsp3) is 0.769. The summed E-state index contributed by atoms with van der Waals surface area (Å²) in [5.74, 6) is 0.529. The first kappa shape index (κ1) is 14.6. The van der Waals surface area contributed by atoms with Crippen LogP contribution in [0.1, 0.15) is 42.9 Å². The van der Waals surface area contributed by atoms with Crippen LogP contribution in [0.5, 0.6) is 0 Å². The molecule has 0 N–H and O–H groups in total. The lowest BCUT2D eigenvalue weighted by atomic mass is 10.1. The Morgan fingerprint density at radius 1 is 1.56 bits per heavy atom. The molecule has 1 aliphatic heterocycles. The summed E-state index contributed by atoms with van der Waals surface area (Å²) >= 11 is 9.62. The molecule has 1 aliphatic rings. The lowest BCUT2D eigenvalue weighted by Gasteiger charge is -2.35. The van der Waals surface area contributed by atoms with Gasteiger partial charge in [0.2, 0.25) is 0 Å². The molecule has 1 aromatic rings. The SMILES string of the molecule is CCC(c1nc(CCl)cs1)N1CCC(SC)CC1. The van der Waals surface area contributed by atoms with Crippen molar-refractivity contribution in [3.05, 3.63) is 16.1 Å². The molecule has 1 aromatic heterocycles. The Morgan fingerprint density at radius 3 is 2.78 bits per heavy atom. The minimum absolute atomic E-state index is 0.495. The third-order valence-corrected chi connectivity index (χ3v) is 6.04. The molecule has 5 heteroatoms. The first-order valence-corrected chi connectivity index (χ1v) is 9.25. The third-order valence-electron chi connectivity index (χ3n) is 3.63. The average Bonchev–Trinajstić information content (AvgIpc) is 2.89. The number of halogens is 1. The van der Waals surface area contributed by atoms with E-state index in [1.165, 1.54) is 30.9 Å². The van der Waals surface area contributed by atoms with Crippen molar-refractivity contribution in [2.24, 2.45) is 0 Å². The maximum Gasteiger partial charge on any atom is 0.110 e. The molecule has 18 heavy (non-hydrogen) atoms. The lowest BCUT2D eigenvalue weighted by Crippen LogP contribution is -2.37. The fourth-order valence-electron chi connectivity index (χ4n) is 2.55. The van der Waals surface area contributed by atoms with Crippen molar-refractivity contribution in [1.29, 1.82) is 0 Å². The largest absolute Gasteiger partial charge is 0.294 e. The predicted octanol–water partition coefficient (Wildman–Crippen LogP) is 4.16. The van der Waals surface area contributed by atoms with Crippen LogP contribution in [0, 0.1) is 0 Å². The van der Waals surface area contributed by atoms with E-state index in [0.717, 1.165) is 17.4 Å². The van der Waals surface area contributed by atoms with Crippen molar-refractivity contribution < 1.29 is 0 Å². The topological polar surface area (TPSA) is 16.1 Å². The molecule has 2 nitrogen and oxygen atoms in total. The van der Waals surface area contributed by atoms with Crippen LogP contribution in [-0.2, 0) is 5.88 Å². The highest BCUT2D eigenvalue weighted by Gasteiger charge is 2.26. The van der Waals surface area contributed by atoms with Crippen molar-refractivity contribution >= 4 is 34.7 Å². The molecule has 0 aliphatic carbocycles. The Labute approximate surface area is 123 Å². The van der Waals surface area contributed by atoms with Gasteiger partial charge in [-0.2, -0.15) is 11.8 Å². The number of hydrogen-bond acceptors (Lipinski definition) is 4. The van der Waals surface area contributed by atoms with Crippen molar-refractivity contribution in [3.63, 3.8) is 0 Å². The quantitative estimate of drug-likeness (QED) is 0.760. The van der Waals surface area contributed by atoms with E-state index in [0.29, 0.717) is 11.9 Å². The number of alkyl halides is 1. The van der Waals surface area contributed by atoms with Crippen LogP contribution in [0.25, 0.3) is 0 Å². The molecule has 1 atom stereocenters. The van der Waals surface area contributed by atoms with E-state index in [1.54, 1.807) is 11.3 Å². The van der Waals surface area contributed by atoms with Gasteiger partial charge in [-0.05, 0) is 38.6 Å². The van der Waals surface area contributed by atoms with Gasteiger partial charge in [-0.15, -0.1) is 22.9 Å². The number of thioether (sulfide) groups is 1. The summed E-state index contributed by atoms with van der Waals surface area (Å²) in [5, 5.41) is 4.20. The van der Waals surface area contributed by atoms with Gasteiger partial charge in [-0.1, -0.05) is 6.92 Å². The number of hydrogen-bond donors (Lipinski definition) is 0. The van der Waals surface area contributed by atoms with Crippen LogP contribution in [0.15, 0.2) is 5.38 Å². The van der Waals surface area contributed by atoms with E-state index < -0.39 is 0 Å². The van der Waals surface area contributed by atoms with Crippen LogP contribution in [0.2, 0.25) is 0 Å². The Balaban J connectivity index is 2.00. The molecule has 0 aromatic carbocycles. The van der Waals surface area contributed by atoms with Gasteiger partial charge in [0.05, 0.1) is 17.6 Å². The minimum atomic E-state index is 0.495. The highest BCUT2D eigenvalue weighted by Crippen LogP contribution is 2.31. The van der Waals surface area contributed by atoms with Gasteiger partial charge >= 0.3 is 0 Å². The predicted molar refractivity (Wildman–Crippen MR) is 82.8 cm³/mol. The van der Waals surface area contributed by atoms with Crippen LogP contribution in [0.3, 0.4) is 0 Å². The van der Waals surface area contributed by atoms with E-state index in [-0.39, 0.29) is 0 Å². The number of thiazole rings is 1. The fourth-order valence-corrected chi connectivity index (χ4v) is 4.50. The van der Waals surface area contributed by atoms with E-state index in [4.69, 9.17) is 11.6 Å². The molecule has 102 valence electrons. The third kappa shape index (κ3) is 3.41. The van der Waals surface area contributed by atoms with Crippen molar-refractivity contribution in [3.8, 4) is 0 Å². The number of piperidine rings is 1. The summed E-state index contributed by atoms with van der Waals surface area (Å²) in [6.07, 6.45) is 5.99. The second-order valence-corrected chi connectivity index (χ2v) is 7.00. The summed E-state index contributed by atoms with van der Waals surface area (Å²) in [5.41, 5.74) is 1.02. The molecule has 1 fully saturated rings. The Kier molecular flexibility index (Phi) is 5.80. The molecule has 1 unspecified atom stereocenters. The molecule has 0 spiro atoms. The van der Waals surface area contributed by atoms with E-state index in [9.17, 15) is 0 Å². The maximum atomic E-state index is 5.84. The van der Waals surface area contributed by atoms with E-state index >= 15 is 0 Å². The van der Waals surface area contributed by atoms with Crippen molar-refractivity contribution in [1.82, 2.24) is 9.88 Å². The average molecular weight is 305 g/mol. The summed E-state index contributed by atoms with van der Waals surface area (Å²) in [6.45, 7) is 4.67. The first-order valence-electron chi connectivity index (χ1n) is 6.55. The second-order valence-electron chi connectivity index (χ2n) is 4.71. The van der Waals surface area contributed by atoms with Gasteiger partial charge in [-0.3, -0.25) is 4.90 Å². The monoisotopic (exact) mass is 304 g/mol. The molecule has 2 heterocycles. The zero-order valence-electron chi connectivity index (χ0n) is 11.1. The number of aromatic nitrogens is 1. The zero-order valence-corrected chi connectivity index (χ0v) is 13.5. The number of nitrogens with zero attached hydrogens (tertiary/aromatic N) is 2. The maximum absolute atomic E-state index is 5.84. The summed E-state index contributed by atoms with van der Waals surface area (Å²) < 4.78 is 0. The summed E-state index contributed by atoms with van der Waals surface area (Å²) in [7, 11) is 0.